The van der Waals surface area contributed by atoms with Crippen molar-refractivity contribution in [1.82, 2.24) is 10.6 Å². The van der Waals surface area contributed by atoms with Gasteiger partial charge < -0.3 is 16.0 Å². The molecule has 0 atom stereocenters. The molecule has 1 aromatic heterocycles. The first-order valence-electron chi connectivity index (χ1n) is 7.90. The molecule has 0 aliphatic heterocycles. The molecule has 0 unspecified atom stereocenters. The summed E-state index contributed by atoms with van der Waals surface area (Å²) < 4.78 is 0. The number of rotatable bonds is 7. The number of amides is 2. The molecule has 0 aliphatic rings. The first kappa shape index (κ1) is 18.0. The molecule has 0 fully saturated rings. The Labute approximate surface area is 146 Å². The van der Waals surface area contributed by atoms with E-state index in [2.05, 4.69) is 16.0 Å². The van der Waals surface area contributed by atoms with Crippen LogP contribution < -0.4 is 16.0 Å². The third-order valence-electron chi connectivity index (χ3n) is 3.39. The summed E-state index contributed by atoms with van der Waals surface area (Å²) in [6.45, 7) is 6.51. The Morgan fingerprint density at radius 1 is 1.21 bits per heavy atom. The molecule has 3 N–H and O–H groups in total. The normalized spacial score (nSPS) is 10.5. The number of nitrogens with one attached hydrogen (secondary N) is 3. The van der Waals surface area contributed by atoms with Crippen LogP contribution in [0.15, 0.2) is 35.7 Å². The quantitative estimate of drug-likeness (QED) is 0.723. The molecule has 0 bridgehead atoms. The molecular weight excluding hydrogens is 322 g/mol. The van der Waals surface area contributed by atoms with Gasteiger partial charge in [0.1, 0.15) is 0 Å². The van der Waals surface area contributed by atoms with E-state index < -0.39 is 0 Å². The summed E-state index contributed by atoms with van der Waals surface area (Å²) in [7, 11) is 0. The third-order valence-corrected chi connectivity index (χ3v) is 4.26. The minimum atomic E-state index is -0.0895. The lowest BCUT2D eigenvalue weighted by molar-refractivity contribution is -0.119. The first-order valence-corrected chi connectivity index (χ1v) is 8.78. The first-order chi connectivity index (χ1) is 11.5. The number of anilines is 1. The van der Waals surface area contributed by atoms with Gasteiger partial charge in [-0.2, -0.15) is 0 Å². The Bertz CT molecular complexity index is 696. The molecule has 2 rings (SSSR count). The number of benzene rings is 1. The second-order valence-electron chi connectivity index (χ2n) is 5.87. The number of aryl methyl sites for hydroxylation is 1. The van der Waals surface area contributed by atoms with Gasteiger partial charge in [0, 0.05) is 22.2 Å². The molecule has 1 aromatic carbocycles. The van der Waals surface area contributed by atoms with Crippen molar-refractivity contribution < 1.29 is 9.59 Å². The molecule has 0 spiro atoms. The van der Waals surface area contributed by atoms with Crippen LogP contribution in [0, 0.1) is 6.92 Å². The van der Waals surface area contributed by atoms with Crippen LogP contribution in [0.4, 0.5) is 5.69 Å². The van der Waals surface area contributed by atoms with Crippen LogP contribution in [0.3, 0.4) is 0 Å². The van der Waals surface area contributed by atoms with Gasteiger partial charge in [-0.3, -0.25) is 9.59 Å². The number of carbonyl (C=O) groups excluding carboxylic acids is 2. The third kappa shape index (κ3) is 5.38. The largest absolute Gasteiger partial charge is 0.376 e. The average Bonchev–Trinajstić information content (AvgIpc) is 3.04. The predicted molar refractivity (Wildman–Crippen MR) is 98.4 cm³/mol. The highest BCUT2D eigenvalue weighted by Crippen LogP contribution is 2.16. The highest BCUT2D eigenvalue weighted by atomic mass is 32.1. The van der Waals surface area contributed by atoms with E-state index in [-0.39, 0.29) is 24.4 Å². The van der Waals surface area contributed by atoms with Gasteiger partial charge in [-0.05, 0) is 56.0 Å². The summed E-state index contributed by atoms with van der Waals surface area (Å²) in [5, 5.41) is 10.8. The smallest absolute Gasteiger partial charge is 0.251 e. The summed E-state index contributed by atoms with van der Waals surface area (Å²) in [6.07, 6.45) is 0. The SMILES string of the molecule is Cc1cc(C(=O)NC(C)C)ccc1NCC(=O)NCc1cccs1. The topological polar surface area (TPSA) is 70.2 Å². The van der Waals surface area contributed by atoms with Crippen molar-refractivity contribution >= 4 is 28.8 Å². The van der Waals surface area contributed by atoms with Gasteiger partial charge >= 0.3 is 0 Å². The number of thiophene rings is 1. The summed E-state index contributed by atoms with van der Waals surface area (Å²) >= 11 is 1.62. The van der Waals surface area contributed by atoms with E-state index in [1.165, 1.54) is 0 Å². The Hall–Kier alpha value is -2.34. The van der Waals surface area contributed by atoms with E-state index in [0.717, 1.165) is 16.1 Å². The Morgan fingerprint density at radius 3 is 2.62 bits per heavy atom. The van der Waals surface area contributed by atoms with Gasteiger partial charge in [0.25, 0.3) is 5.91 Å². The fourth-order valence-electron chi connectivity index (χ4n) is 2.19. The second kappa shape index (κ2) is 8.49. The van der Waals surface area contributed by atoms with Crippen molar-refractivity contribution in [2.75, 3.05) is 11.9 Å². The average molecular weight is 345 g/mol. The zero-order chi connectivity index (χ0) is 17.5. The molecule has 2 aromatic rings. The highest BCUT2D eigenvalue weighted by molar-refractivity contribution is 7.09. The molecule has 128 valence electrons. The Morgan fingerprint density at radius 2 is 2.00 bits per heavy atom. The van der Waals surface area contributed by atoms with Crippen LogP contribution in [-0.4, -0.2) is 24.4 Å². The van der Waals surface area contributed by atoms with Crippen LogP contribution in [0.5, 0.6) is 0 Å². The zero-order valence-corrected chi connectivity index (χ0v) is 15.0. The summed E-state index contributed by atoms with van der Waals surface area (Å²) in [4.78, 5) is 25.0. The lowest BCUT2D eigenvalue weighted by Crippen LogP contribution is -2.30. The molecular formula is C18H23N3O2S. The maximum atomic E-state index is 12.0. The lowest BCUT2D eigenvalue weighted by atomic mass is 10.1. The highest BCUT2D eigenvalue weighted by Gasteiger charge is 2.09. The second-order valence-corrected chi connectivity index (χ2v) is 6.90. The molecule has 0 saturated carbocycles. The molecule has 2 amide bonds. The lowest BCUT2D eigenvalue weighted by Gasteiger charge is -2.12. The standard InChI is InChI=1S/C18H23N3O2S/c1-12(2)21-18(23)14-6-7-16(13(3)9-14)19-11-17(22)20-10-15-5-4-8-24-15/h4-9,12,19H,10-11H2,1-3H3,(H,20,22)(H,21,23). The van der Waals surface area contributed by atoms with E-state index in [1.54, 1.807) is 17.4 Å². The van der Waals surface area contributed by atoms with Crippen molar-refractivity contribution in [3.8, 4) is 0 Å². The van der Waals surface area contributed by atoms with E-state index in [0.29, 0.717) is 12.1 Å². The van der Waals surface area contributed by atoms with Gasteiger partial charge in [0.05, 0.1) is 13.1 Å². The van der Waals surface area contributed by atoms with Gasteiger partial charge in [0.15, 0.2) is 0 Å². The maximum Gasteiger partial charge on any atom is 0.251 e. The van der Waals surface area contributed by atoms with Gasteiger partial charge in [-0.1, -0.05) is 6.07 Å². The predicted octanol–water partition coefficient (Wildman–Crippen LogP) is 2.92. The van der Waals surface area contributed by atoms with E-state index >= 15 is 0 Å². The van der Waals surface area contributed by atoms with E-state index in [1.807, 2.05) is 50.4 Å². The van der Waals surface area contributed by atoms with Crippen molar-refractivity contribution in [2.24, 2.45) is 0 Å². The fraction of sp³-hybridized carbons (Fsp3) is 0.333. The number of carbonyl (C=O) groups is 2. The molecule has 1 heterocycles. The van der Waals surface area contributed by atoms with E-state index in [9.17, 15) is 9.59 Å². The van der Waals surface area contributed by atoms with Crippen molar-refractivity contribution in [1.29, 1.82) is 0 Å². The fourth-order valence-corrected chi connectivity index (χ4v) is 2.83. The van der Waals surface area contributed by atoms with Gasteiger partial charge in [0.2, 0.25) is 5.91 Å². The van der Waals surface area contributed by atoms with Crippen LogP contribution in [-0.2, 0) is 11.3 Å². The van der Waals surface area contributed by atoms with Crippen LogP contribution in [0.2, 0.25) is 0 Å². The molecule has 6 heteroatoms. The van der Waals surface area contributed by atoms with E-state index in [4.69, 9.17) is 0 Å². The molecule has 5 nitrogen and oxygen atoms in total. The van der Waals surface area contributed by atoms with Crippen LogP contribution in [0.25, 0.3) is 0 Å². The van der Waals surface area contributed by atoms with Crippen molar-refractivity contribution in [3.05, 3.63) is 51.7 Å². The monoisotopic (exact) mass is 345 g/mol. The summed E-state index contributed by atoms with van der Waals surface area (Å²) in [5.74, 6) is -0.155. The minimum Gasteiger partial charge on any atom is -0.376 e. The zero-order valence-electron chi connectivity index (χ0n) is 14.2. The summed E-state index contributed by atoms with van der Waals surface area (Å²) in [6, 6.07) is 9.47. The number of hydrogen-bond acceptors (Lipinski definition) is 4. The molecule has 24 heavy (non-hydrogen) atoms. The van der Waals surface area contributed by atoms with Crippen LogP contribution in [0.1, 0.15) is 34.6 Å². The molecule has 0 saturated heterocycles. The summed E-state index contributed by atoms with van der Waals surface area (Å²) in [5.41, 5.74) is 2.40. The maximum absolute atomic E-state index is 12.0. The Kier molecular flexibility index (Phi) is 6.37. The Balaban J connectivity index is 1.86. The molecule has 0 aliphatic carbocycles. The van der Waals surface area contributed by atoms with Gasteiger partial charge in [-0.25, -0.2) is 0 Å². The van der Waals surface area contributed by atoms with Crippen LogP contribution >= 0.6 is 11.3 Å². The molecule has 0 radical (unpaired) electrons. The van der Waals surface area contributed by atoms with Gasteiger partial charge in [-0.15, -0.1) is 11.3 Å². The number of hydrogen-bond donors (Lipinski definition) is 3. The van der Waals surface area contributed by atoms with Crippen molar-refractivity contribution in [2.45, 2.75) is 33.4 Å². The van der Waals surface area contributed by atoms with Crippen molar-refractivity contribution in [3.63, 3.8) is 0 Å². The minimum absolute atomic E-state index is 0.0653.